The highest BCUT2D eigenvalue weighted by atomic mass is 16.3. The normalized spacial score (nSPS) is 24.9. The maximum Gasteiger partial charge on any atom is 0.0586 e. The quantitative estimate of drug-likeness (QED) is 0.746. The van der Waals surface area contributed by atoms with Gasteiger partial charge in [0.25, 0.3) is 0 Å². The van der Waals surface area contributed by atoms with Crippen LogP contribution in [-0.4, -0.2) is 48.3 Å². The molecule has 0 aromatic heterocycles. The van der Waals surface area contributed by atoms with Crippen LogP contribution in [0.5, 0.6) is 0 Å². The van der Waals surface area contributed by atoms with Gasteiger partial charge in [-0.1, -0.05) is 33.6 Å². The summed E-state index contributed by atoms with van der Waals surface area (Å²) in [6.45, 7) is 10.4. The smallest absolute Gasteiger partial charge is 0.0586 e. The summed E-state index contributed by atoms with van der Waals surface area (Å²) in [5.74, 6) is 0.657. The maximum absolute atomic E-state index is 9.46. The minimum absolute atomic E-state index is 0.324. The van der Waals surface area contributed by atoms with Gasteiger partial charge in [-0.05, 0) is 31.8 Å². The van der Waals surface area contributed by atoms with Crippen LogP contribution in [0.1, 0.15) is 46.5 Å². The van der Waals surface area contributed by atoms with Crippen molar-refractivity contribution >= 4 is 0 Å². The van der Waals surface area contributed by atoms with E-state index in [2.05, 4.69) is 31.0 Å². The van der Waals surface area contributed by atoms with Crippen LogP contribution in [0.3, 0.4) is 0 Å². The van der Waals surface area contributed by atoms with Crippen molar-refractivity contribution in [3.63, 3.8) is 0 Å². The molecule has 2 atom stereocenters. The summed E-state index contributed by atoms with van der Waals surface area (Å²) in [5, 5.41) is 13.0. The molecule has 102 valence electrons. The zero-order valence-corrected chi connectivity index (χ0v) is 11.8. The molecule has 1 aliphatic heterocycles. The summed E-state index contributed by atoms with van der Waals surface area (Å²) < 4.78 is 0. The molecule has 3 nitrogen and oxygen atoms in total. The molecule has 0 radical (unpaired) electrons. The van der Waals surface area contributed by atoms with Crippen LogP contribution in [0.2, 0.25) is 0 Å². The van der Waals surface area contributed by atoms with E-state index in [1.807, 2.05) is 0 Å². The fourth-order valence-corrected chi connectivity index (χ4v) is 2.59. The van der Waals surface area contributed by atoms with Crippen LogP contribution in [0, 0.1) is 5.92 Å². The fourth-order valence-electron chi connectivity index (χ4n) is 2.59. The Kier molecular flexibility index (Phi) is 7.09. The van der Waals surface area contributed by atoms with Crippen molar-refractivity contribution in [3.05, 3.63) is 0 Å². The molecule has 0 spiro atoms. The maximum atomic E-state index is 9.46. The van der Waals surface area contributed by atoms with Crippen molar-refractivity contribution in [3.8, 4) is 0 Å². The lowest BCUT2D eigenvalue weighted by atomic mass is 10.1. The van der Waals surface area contributed by atoms with Crippen LogP contribution in [0.25, 0.3) is 0 Å². The summed E-state index contributed by atoms with van der Waals surface area (Å²) in [4.78, 5) is 2.50. The van der Waals surface area contributed by atoms with Gasteiger partial charge < -0.3 is 10.4 Å². The van der Waals surface area contributed by atoms with Crippen molar-refractivity contribution in [2.75, 3.05) is 26.2 Å². The van der Waals surface area contributed by atoms with E-state index in [9.17, 15) is 5.11 Å². The van der Waals surface area contributed by atoms with E-state index in [0.717, 1.165) is 19.6 Å². The highest BCUT2D eigenvalue weighted by molar-refractivity contribution is 4.77. The van der Waals surface area contributed by atoms with Crippen LogP contribution in [0.4, 0.5) is 0 Å². The molecule has 2 N–H and O–H groups in total. The van der Waals surface area contributed by atoms with Crippen LogP contribution < -0.4 is 5.32 Å². The second kappa shape index (κ2) is 8.06. The van der Waals surface area contributed by atoms with E-state index in [-0.39, 0.29) is 0 Å². The Morgan fingerprint density at radius 2 is 2.00 bits per heavy atom. The number of nitrogens with one attached hydrogen (secondary N) is 1. The van der Waals surface area contributed by atoms with E-state index < -0.39 is 0 Å². The Hall–Kier alpha value is -0.120. The lowest BCUT2D eigenvalue weighted by Crippen LogP contribution is -2.42. The first-order valence-electron chi connectivity index (χ1n) is 7.21. The van der Waals surface area contributed by atoms with Gasteiger partial charge in [0.05, 0.1) is 6.61 Å². The second-order valence-electron chi connectivity index (χ2n) is 5.85. The van der Waals surface area contributed by atoms with Crippen molar-refractivity contribution in [1.29, 1.82) is 0 Å². The van der Waals surface area contributed by atoms with E-state index in [1.165, 1.54) is 25.7 Å². The molecule has 1 rings (SSSR count). The summed E-state index contributed by atoms with van der Waals surface area (Å²) in [6.07, 6.45) is 5.06. The molecule has 0 amide bonds. The average molecular weight is 242 g/mol. The predicted molar refractivity (Wildman–Crippen MR) is 73.2 cm³/mol. The van der Waals surface area contributed by atoms with Crippen molar-refractivity contribution < 1.29 is 5.11 Å². The first-order valence-corrected chi connectivity index (χ1v) is 7.21. The van der Waals surface area contributed by atoms with Crippen LogP contribution in [0.15, 0.2) is 0 Å². The highest BCUT2D eigenvalue weighted by Gasteiger charge is 2.21. The van der Waals surface area contributed by atoms with Gasteiger partial charge in [-0.2, -0.15) is 0 Å². The van der Waals surface area contributed by atoms with Crippen molar-refractivity contribution in [1.82, 2.24) is 10.2 Å². The number of nitrogens with zero attached hydrogens (tertiary/aromatic N) is 1. The molecular weight excluding hydrogens is 212 g/mol. The van der Waals surface area contributed by atoms with Gasteiger partial charge in [0.1, 0.15) is 0 Å². The number of hydrogen-bond donors (Lipinski definition) is 2. The zero-order chi connectivity index (χ0) is 12.7. The topological polar surface area (TPSA) is 35.5 Å². The minimum atomic E-state index is 0.324. The third kappa shape index (κ3) is 5.84. The highest BCUT2D eigenvalue weighted by Crippen LogP contribution is 2.17. The molecule has 1 heterocycles. The van der Waals surface area contributed by atoms with Crippen LogP contribution in [-0.2, 0) is 0 Å². The molecule has 2 unspecified atom stereocenters. The minimum Gasteiger partial charge on any atom is -0.395 e. The molecule has 0 aromatic carbocycles. The van der Waals surface area contributed by atoms with Gasteiger partial charge in [0.15, 0.2) is 0 Å². The molecule has 1 fully saturated rings. The van der Waals surface area contributed by atoms with Gasteiger partial charge in [-0.25, -0.2) is 0 Å². The van der Waals surface area contributed by atoms with Gasteiger partial charge in [0.2, 0.25) is 0 Å². The molecule has 0 saturated carbocycles. The lowest BCUT2D eigenvalue weighted by molar-refractivity contribution is 0.110. The second-order valence-corrected chi connectivity index (χ2v) is 5.85. The van der Waals surface area contributed by atoms with E-state index in [0.29, 0.717) is 24.6 Å². The monoisotopic (exact) mass is 242 g/mol. The van der Waals surface area contributed by atoms with E-state index in [4.69, 9.17) is 0 Å². The Morgan fingerprint density at radius 3 is 2.65 bits per heavy atom. The standard InChI is InChI=1S/C14H30N2O/c1-12(2)15-9-13(3)10-16-8-6-4-5-7-14(16)11-17/h12-15,17H,4-11H2,1-3H3. The molecule has 3 heteroatoms. The number of likely N-dealkylation sites (tertiary alicyclic amines) is 1. The first kappa shape index (κ1) is 14.9. The van der Waals surface area contributed by atoms with Gasteiger partial charge in [0, 0.05) is 18.6 Å². The molecular formula is C14H30N2O. The number of aliphatic hydroxyl groups excluding tert-OH is 1. The van der Waals surface area contributed by atoms with E-state index >= 15 is 0 Å². The predicted octanol–water partition coefficient (Wildman–Crippen LogP) is 1.86. The number of hydrogen-bond acceptors (Lipinski definition) is 3. The molecule has 1 aliphatic rings. The number of rotatable bonds is 6. The summed E-state index contributed by atoms with van der Waals surface area (Å²) >= 11 is 0. The molecule has 17 heavy (non-hydrogen) atoms. The Bertz CT molecular complexity index is 197. The summed E-state index contributed by atoms with van der Waals surface area (Å²) in [6, 6.07) is 0.967. The Morgan fingerprint density at radius 1 is 1.24 bits per heavy atom. The Balaban J connectivity index is 2.35. The third-order valence-electron chi connectivity index (χ3n) is 3.63. The summed E-state index contributed by atoms with van der Waals surface area (Å²) in [5.41, 5.74) is 0. The largest absolute Gasteiger partial charge is 0.395 e. The molecule has 0 aliphatic carbocycles. The summed E-state index contributed by atoms with van der Waals surface area (Å²) in [7, 11) is 0. The Labute approximate surface area is 107 Å². The van der Waals surface area contributed by atoms with Crippen molar-refractivity contribution in [2.45, 2.75) is 58.5 Å². The first-order chi connectivity index (χ1) is 8.13. The van der Waals surface area contributed by atoms with E-state index in [1.54, 1.807) is 0 Å². The zero-order valence-electron chi connectivity index (χ0n) is 11.8. The fraction of sp³-hybridized carbons (Fsp3) is 1.00. The van der Waals surface area contributed by atoms with Crippen LogP contribution >= 0.6 is 0 Å². The molecule has 0 bridgehead atoms. The average Bonchev–Trinajstić information content (AvgIpc) is 2.51. The SMILES string of the molecule is CC(CNC(C)C)CN1CCCCCC1CO. The molecule has 1 saturated heterocycles. The molecule has 0 aromatic rings. The van der Waals surface area contributed by atoms with Gasteiger partial charge in [-0.15, -0.1) is 0 Å². The lowest BCUT2D eigenvalue weighted by Gasteiger charge is -2.31. The van der Waals surface area contributed by atoms with Crippen molar-refractivity contribution in [2.24, 2.45) is 5.92 Å². The van der Waals surface area contributed by atoms with Gasteiger partial charge >= 0.3 is 0 Å². The third-order valence-corrected chi connectivity index (χ3v) is 3.63. The van der Waals surface area contributed by atoms with Gasteiger partial charge in [-0.3, -0.25) is 4.90 Å². The number of aliphatic hydroxyl groups is 1.